The van der Waals surface area contributed by atoms with Gasteiger partial charge in [0.15, 0.2) is 0 Å². The molecule has 0 bridgehead atoms. The van der Waals surface area contributed by atoms with Crippen LogP contribution in [0.4, 0.5) is 4.39 Å². The fourth-order valence-electron chi connectivity index (χ4n) is 2.67. The van der Waals surface area contributed by atoms with Gasteiger partial charge in [0.1, 0.15) is 17.7 Å². The summed E-state index contributed by atoms with van der Waals surface area (Å²) in [6, 6.07) is 4.20. The van der Waals surface area contributed by atoms with Crippen molar-refractivity contribution in [2.45, 2.75) is 6.04 Å². The van der Waals surface area contributed by atoms with Crippen molar-refractivity contribution in [3.8, 4) is 0 Å². The number of carbonyl (C=O) groups excluding carboxylic acids is 1. The summed E-state index contributed by atoms with van der Waals surface area (Å²) in [5.74, 6) is 0.342. The number of nitrogens with one attached hydrogen (secondary N) is 1. The van der Waals surface area contributed by atoms with Crippen LogP contribution in [-0.2, 0) is 7.05 Å². The van der Waals surface area contributed by atoms with Crippen LogP contribution in [-0.4, -0.2) is 40.0 Å². The number of piperazine rings is 1. The second-order valence-electron chi connectivity index (χ2n) is 5.24. The van der Waals surface area contributed by atoms with Gasteiger partial charge in [0.25, 0.3) is 5.91 Å². The Morgan fingerprint density at radius 2 is 2.26 bits per heavy atom. The summed E-state index contributed by atoms with van der Waals surface area (Å²) < 4.78 is 15.6. The lowest BCUT2D eigenvalue weighted by Crippen LogP contribution is -2.49. The predicted octanol–water partition coefficient (Wildman–Crippen LogP) is 2.53. The van der Waals surface area contributed by atoms with E-state index in [0.717, 1.165) is 12.4 Å². The zero-order chi connectivity index (χ0) is 15.7. The highest BCUT2D eigenvalue weighted by atomic mass is 79.9. The maximum absolute atomic E-state index is 13.4. The Morgan fingerprint density at radius 3 is 2.91 bits per heavy atom. The summed E-state index contributed by atoms with van der Waals surface area (Å²) in [5, 5.41) is 3.29. The van der Waals surface area contributed by atoms with Crippen molar-refractivity contribution >= 4 is 34.2 Å². The van der Waals surface area contributed by atoms with Crippen molar-refractivity contribution in [3.05, 3.63) is 52.3 Å². The van der Waals surface area contributed by atoms with Gasteiger partial charge in [-0.1, -0.05) is 0 Å². The lowest BCUT2D eigenvalue weighted by atomic mass is 10.1. The maximum atomic E-state index is 13.4. The highest BCUT2D eigenvalue weighted by Crippen LogP contribution is 2.24. The predicted molar refractivity (Wildman–Crippen MR) is 91.2 cm³/mol. The molecule has 5 nitrogen and oxygen atoms in total. The van der Waals surface area contributed by atoms with Gasteiger partial charge >= 0.3 is 0 Å². The number of halogens is 3. The van der Waals surface area contributed by atoms with E-state index in [9.17, 15) is 9.18 Å². The van der Waals surface area contributed by atoms with Crippen LogP contribution < -0.4 is 5.32 Å². The van der Waals surface area contributed by atoms with E-state index in [1.807, 2.05) is 17.8 Å². The lowest BCUT2D eigenvalue weighted by molar-refractivity contribution is 0.0620. The summed E-state index contributed by atoms with van der Waals surface area (Å²) in [5.41, 5.74) is 0.467. The molecule has 23 heavy (non-hydrogen) atoms. The third kappa shape index (κ3) is 3.57. The second kappa shape index (κ2) is 7.42. The SMILES string of the molecule is Cl.Cn1ccnc1C1CNCCN1C(=O)c1ccc(F)c(Br)c1. The molecule has 2 aromatic rings. The summed E-state index contributed by atoms with van der Waals surface area (Å²) in [4.78, 5) is 18.9. The molecular formula is C15H17BrClFN4O. The molecule has 1 aromatic heterocycles. The third-order valence-electron chi connectivity index (χ3n) is 3.83. The number of imidazole rings is 1. The quantitative estimate of drug-likeness (QED) is 0.838. The average molecular weight is 404 g/mol. The number of hydrogen-bond acceptors (Lipinski definition) is 3. The van der Waals surface area contributed by atoms with E-state index in [2.05, 4.69) is 26.2 Å². The molecule has 3 rings (SSSR count). The molecule has 1 aliphatic rings. The van der Waals surface area contributed by atoms with Gasteiger partial charge in [0.2, 0.25) is 0 Å². The van der Waals surface area contributed by atoms with E-state index in [1.165, 1.54) is 18.2 Å². The first-order chi connectivity index (χ1) is 10.6. The molecule has 1 aliphatic heterocycles. The van der Waals surface area contributed by atoms with Crippen LogP contribution >= 0.6 is 28.3 Å². The molecule has 1 aromatic carbocycles. The number of amides is 1. The highest BCUT2D eigenvalue weighted by Gasteiger charge is 2.31. The Bertz CT molecular complexity index is 709. The first-order valence-electron chi connectivity index (χ1n) is 7.02. The number of nitrogens with zero attached hydrogens (tertiary/aromatic N) is 3. The first kappa shape index (κ1) is 17.9. The van der Waals surface area contributed by atoms with Gasteiger partial charge in [0, 0.05) is 44.6 Å². The minimum absolute atomic E-state index is 0. The smallest absolute Gasteiger partial charge is 0.254 e. The van der Waals surface area contributed by atoms with E-state index in [1.54, 1.807) is 11.1 Å². The van der Waals surface area contributed by atoms with Crippen molar-refractivity contribution in [2.24, 2.45) is 7.05 Å². The van der Waals surface area contributed by atoms with Crippen LogP contribution in [0.25, 0.3) is 0 Å². The largest absolute Gasteiger partial charge is 0.336 e. The van der Waals surface area contributed by atoms with E-state index < -0.39 is 0 Å². The van der Waals surface area contributed by atoms with Crippen molar-refractivity contribution in [1.82, 2.24) is 19.8 Å². The minimum atomic E-state index is -0.377. The van der Waals surface area contributed by atoms with Gasteiger partial charge in [-0.05, 0) is 34.1 Å². The fraction of sp³-hybridized carbons (Fsp3) is 0.333. The van der Waals surface area contributed by atoms with E-state index in [-0.39, 0.29) is 30.2 Å². The van der Waals surface area contributed by atoms with Gasteiger partial charge in [-0.2, -0.15) is 0 Å². The fourth-order valence-corrected chi connectivity index (χ4v) is 3.05. The number of hydrogen-bond donors (Lipinski definition) is 1. The van der Waals surface area contributed by atoms with Crippen LogP contribution in [0, 0.1) is 5.82 Å². The molecule has 0 spiro atoms. The number of aromatic nitrogens is 2. The molecule has 1 saturated heterocycles. The Hall–Kier alpha value is -1.44. The van der Waals surface area contributed by atoms with Gasteiger partial charge in [-0.15, -0.1) is 12.4 Å². The number of rotatable bonds is 2. The first-order valence-corrected chi connectivity index (χ1v) is 7.81. The van der Waals surface area contributed by atoms with Crippen LogP contribution in [0.1, 0.15) is 22.2 Å². The van der Waals surface area contributed by atoms with Crippen LogP contribution in [0.2, 0.25) is 0 Å². The molecule has 1 N–H and O–H groups in total. The zero-order valence-corrected chi connectivity index (χ0v) is 14.9. The molecular weight excluding hydrogens is 387 g/mol. The van der Waals surface area contributed by atoms with Gasteiger partial charge in [-0.3, -0.25) is 4.79 Å². The summed E-state index contributed by atoms with van der Waals surface area (Å²) in [6.07, 6.45) is 3.59. The molecule has 1 atom stereocenters. The molecule has 8 heteroatoms. The minimum Gasteiger partial charge on any atom is -0.336 e. The zero-order valence-electron chi connectivity index (χ0n) is 12.5. The lowest BCUT2D eigenvalue weighted by Gasteiger charge is -2.35. The highest BCUT2D eigenvalue weighted by molar-refractivity contribution is 9.10. The molecule has 1 fully saturated rings. The summed E-state index contributed by atoms with van der Waals surface area (Å²) in [6.45, 7) is 1.97. The Morgan fingerprint density at radius 1 is 1.48 bits per heavy atom. The van der Waals surface area contributed by atoms with Gasteiger partial charge < -0.3 is 14.8 Å². The molecule has 0 saturated carbocycles. The van der Waals surface area contributed by atoms with Crippen LogP contribution in [0.5, 0.6) is 0 Å². The molecule has 124 valence electrons. The van der Waals surface area contributed by atoms with Crippen LogP contribution in [0.15, 0.2) is 35.1 Å². The molecule has 0 radical (unpaired) electrons. The second-order valence-corrected chi connectivity index (χ2v) is 6.10. The van der Waals surface area contributed by atoms with Crippen molar-refractivity contribution in [3.63, 3.8) is 0 Å². The Kier molecular flexibility index (Phi) is 5.78. The van der Waals surface area contributed by atoms with E-state index >= 15 is 0 Å². The van der Waals surface area contributed by atoms with Crippen LogP contribution in [0.3, 0.4) is 0 Å². The van der Waals surface area contributed by atoms with Crippen molar-refractivity contribution in [2.75, 3.05) is 19.6 Å². The normalized spacial score (nSPS) is 17.7. The number of aryl methyl sites for hydroxylation is 1. The summed E-state index contributed by atoms with van der Waals surface area (Å²) >= 11 is 3.13. The molecule has 0 aliphatic carbocycles. The van der Waals surface area contributed by atoms with E-state index in [0.29, 0.717) is 23.1 Å². The Balaban J connectivity index is 0.00000192. The van der Waals surface area contributed by atoms with Gasteiger partial charge in [-0.25, -0.2) is 9.37 Å². The summed E-state index contributed by atoms with van der Waals surface area (Å²) in [7, 11) is 1.91. The monoisotopic (exact) mass is 402 g/mol. The van der Waals surface area contributed by atoms with Gasteiger partial charge in [0.05, 0.1) is 4.47 Å². The maximum Gasteiger partial charge on any atom is 0.254 e. The van der Waals surface area contributed by atoms with Crippen molar-refractivity contribution in [1.29, 1.82) is 0 Å². The number of benzene rings is 1. The standard InChI is InChI=1S/C15H16BrFN4O.ClH/c1-20-6-5-19-14(20)13-9-18-4-7-21(13)15(22)10-2-3-12(17)11(16)8-10;/h2-3,5-6,8,13,18H,4,7,9H2,1H3;1H. The molecule has 1 amide bonds. The average Bonchev–Trinajstić information content (AvgIpc) is 2.95. The Labute approximate surface area is 148 Å². The number of carbonyl (C=O) groups is 1. The van der Waals surface area contributed by atoms with E-state index in [4.69, 9.17) is 0 Å². The molecule has 1 unspecified atom stereocenters. The van der Waals surface area contributed by atoms with Crippen molar-refractivity contribution < 1.29 is 9.18 Å². The topological polar surface area (TPSA) is 50.2 Å². The third-order valence-corrected chi connectivity index (χ3v) is 4.44. The molecule has 2 heterocycles.